The molecule has 68 valence electrons. The van der Waals surface area contributed by atoms with Gasteiger partial charge in [0.1, 0.15) is 12.0 Å². The van der Waals surface area contributed by atoms with Crippen LogP contribution in [0.2, 0.25) is 0 Å². The molecule has 0 amide bonds. The van der Waals surface area contributed by atoms with Gasteiger partial charge in [0.05, 0.1) is 0 Å². The Hall–Kier alpha value is -0.900. The van der Waals surface area contributed by atoms with Crippen molar-refractivity contribution in [1.82, 2.24) is 9.55 Å². The fourth-order valence-corrected chi connectivity index (χ4v) is 1.07. The fourth-order valence-electron chi connectivity index (χ4n) is 1.07. The van der Waals surface area contributed by atoms with Crippen LogP contribution in [0, 0.1) is 0 Å². The highest BCUT2D eigenvalue weighted by Gasteiger charge is 2.09. The van der Waals surface area contributed by atoms with Crippen molar-refractivity contribution in [2.24, 2.45) is 12.8 Å². The number of nitrogens with two attached hydrogens (primary N) is 1. The van der Waals surface area contributed by atoms with Crippen molar-refractivity contribution in [3.63, 3.8) is 0 Å². The van der Waals surface area contributed by atoms with E-state index in [2.05, 4.69) is 4.98 Å². The van der Waals surface area contributed by atoms with Gasteiger partial charge in [0.2, 0.25) is 0 Å². The van der Waals surface area contributed by atoms with Gasteiger partial charge in [-0.2, -0.15) is 0 Å². The number of hydrogen-bond donors (Lipinski definition) is 1. The van der Waals surface area contributed by atoms with E-state index in [1.165, 1.54) is 0 Å². The molecule has 1 aromatic rings. The van der Waals surface area contributed by atoms with E-state index < -0.39 is 6.17 Å². The zero-order valence-corrected chi connectivity index (χ0v) is 7.20. The molecule has 12 heavy (non-hydrogen) atoms. The number of alkyl halides is 1. The Balaban J connectivity index is 2.46. The second-order valence-electron chi connectivity index (χ2n) is 2.83. The monoisotopic (exact) mass is 171 g/mol. The lowest BCUT2D eigenvalue weighted by Crippen LogP contribution is -2.14. The molecular weight excluding hydrogens is 157 g/mol. The normalized spacial score (nSPS) is 13.2. The molecule has 0 radical (unpaired) electrons. The van der Waals surface area contributed by atoms with E-state index in [0.717, 1.165) is 5.82 Å². The number of halogens is 1. The average molecular weight is 171 g/mol. The minimum atomic E-state index is -0.865. The van der Waals surface area contributed by atoms with Gasteiger partial charge in [0.25, 0.3) is 0 Å². The number of hydrogen-bond acceptors (Lipinski definition) is 2. The second kappa shape index (κ2) is 4.21. The fraction of sp³-hybridized carbons (Fsp3) is 0.625. The quantitative estimate of drug-likeness (QED) is 0.722. The first-order valence-corrected chi connectivity index (χ1v) is 4.04. The minimum absolute atomic E-state index is 0.362. The molecule has 0 aliphatic carbocycles. The Labute approximate surface area is 71.4 Å². The van der Waals surface area contributed by atoms with E-state index in [4.69, 9.17) is 5.73 Å². The Morgan fingerprint density at radius 2 is 2.50 bits per heavy atom. The minimum Gasteiger partial charge on any atom is -0.338 e. The Bertz CT molecular complexity index is 234. The van der Waals surface area contributed by atoms with Crippen LogP contribution in [0.25, 0.3) is 0 Å². The van der Waals surface area contributed by atoms with Gasteiger partial charge >= 0.3 is 0 Å². The van der Waals surface area contributed by atoms with Gasteiger partial charge < -0.3 is 10.3 Å². The summed E-state index contributed by atoms with van der Waals surface area (Å²) in [5.74, 6) is 0.774. The van der Waals surface area contributed by atoms with Crippen molar-refractivity contribution in [3.05, 3.63) is 18.2 Å². The van der Waals surface area contributed by atoms with E-state index in [1.54, 1.807) is 6.20 Å². The number of imidazole rings is 1. The predicted octanol–water partition coefficient (Wildman–Crippen LogP) is 0.650. The molecule has 1 unspecified atom stereocenters. The van der Waals surface area contributed by atoms with E-state index in [-0.39, 0.29) is 0 Å². The molecule has 0 fully saturated rings. The summed E-state index contributed by atoms with van der Waals surface area (Å²) in [6.45, 7) is 0.394. The Morgan fingerprint density at radius 3 is 3.00 bits per heavy atom. The van der Waals surface area contributed by atoms with Gasteiger partial charge in [-0.15, -0.1) is 0 Å². The molecule has 0 bridgehead atoms. The van der Waals surface area contributed by atoms with E-state index in [0.29, 0.717) is 19.4 Å². The second-order valence-corrected chi connectivity index (χ2v) is 2.83. The third-order valence-corrected chi connectivity index (χ3v) is 1.80. The number of aryl methyl sites for hydroxylation is 1. The largest absolute Gasteiger partial charge is 0.338 e. The predicted molar refractivity (Wildman–Crippen MR) is 45.5 cm³/mol. The van der Waals surface area contributed by atoms with Crippen LogP contribution in [0.5, 0.6) is 0 Å². The average Bonchev–Trinajstić information content (AvgIpc) is 2.37. The summed E-state index contributed by atoms with van der Waals surface area (Å²) in [6.07, 6.45) is 3.39. The smallest absolute Gasteiger partial charge is 0.111 e. The molecule has 0 spiro atoms. The van der Waals surface area contributed by atoms with Gasteiger partial charge in [0, 0.05) is 25.9 Å². The topological polar surface area (TPSA) is 43.8 Å². The van der Waals surface area contributed by atoms with Crippen molar-refractivity contribution in [1.29, 1.82) is 0 Å². The number of rotatable bonds is 4. The summed E-state index contributed by atoms with van der Waals surface area (Å²) in [5.41, 5.74) is 5.23. The Morgan fingerprint density at radius 1 is 1.75 bits per heavy atom. The molecule has 0 saturated heterocycles. The van der Waals surface area contributed by atoms with Gasteiger partial charge in [-0.3, -0.25) is 0 Å². The molecule has 0 saturated carbocycles. The lowest BCUT2D eigenvalue weighted by atomic mass is 10.2. The van der Waals surface area contributed by atoms with E-state index >= 15 is 0 Å². The molecule has 0 aliphatic rings. The molecule has 1 atom stereocenters. The van der Waals surface area contributed by atoms with Crippen molar-refractivity contribution in [3.8, 4) is 0 Å². The van der Waals surface area contributed by atoms with Crippen LogP contribution in [0.4, 0.5) is 4.39 Å². The third-order valence-electron chi connectivity index (χ3n) is 1.80. The maximum absolute atomic E-state index is 13.0. The highest BCUT2D eigenvalue weighted by molar-refractivity contribution is 4.92. The first-order valence-electron chi connectivity index (χ1n) is 4.04. The zero-order chi connectivity index (χ0) is 8.97. The molecular formula is C8H14FN3. The first kappa shape index (κ1) is 9.19. The summed E-state index contributed by atoms with van der Waals surface area (Å²) >= 11 is 0. The molecule has 2 N–H and O–H groups in total. The van der Waals surface area contributed by atoms with Crippen LogP contribution in [0.1, 0.15) is 12.2 Å². The summed E-state index contributed by atoms with van der Waals surface area (Å²) in [6, 6.07) is 0. The molecule has 4 heteroatoms. The van der Waals surface area contributed by atoms with Crippen LogP contribution >= 0.6 is 0 Å². The molecule has 1 heterocycles. The van der Waals surface area contributed by atoms with Gasteiger partial charge in [-0.1, -0.05) is 0 Å². The van der Waals surface area contributed by atoms with Crippen molar-refractivity contribution < 1.29 is 4.39 Å². The molecule has 3 nitrogen and oxygen atoms in total. The van der Waals surface area contributed by atoms with Crippen molar-refractivity contribution in [2.45, 2.75) is 19.0 Å². The summed E-state index contributed by atoms with van der Waals surface area (Å²) in [5, 5.41) is 0. The molecule has 1 aromatic heterocycles. The SMILES string of the molecule is Cn1ccnc1CC(F)CCN. The Kier molecular flexibility index (Phi) is 3.22. The van der Waals surface area contributed by atoms with Crippen molar-refractivity contribution in [2.75, 3.05) is 6.54 Å². The highest BCUT2D eigenvalue weighted by atomic mass is 19.1. The highest BCUT2D eigenvalue weighted by Crippen LogP contribution is 2.05. The van der Waals surface area contributed by atoms with Gasteiger partial charge in [-0.05, 0) is 13.0 Å². The van der Waals surface area contributed by atoms with E-state index in [1.807, 2.05) is 17.8 Å². The van der Waals surface area contributed by atoms with Gasteiger partial charge in [0.15, 0.2) is 0 Å². The number of nitrogens with zero attached hydrogens (tertiary/aromatic N) is 2. The van der Waals surface area contributed by atoms with Gasteiger partial charge in [-0.25, -0.2) is 9.37 Å². The van der Waals surface area contributed by atoms with Crippen LogP contribution in [-0.2, 0) is 13.5 Å². The molecule has 0 aliphatic heterocycles. The lowest BCUT2D eigenvalue weighted by molar-refractivity contribution is 0.310. The zero-order valence-electron chi connectivity index (χ0n) is 7.20. The summed E-state index contributed by atoms with van der Waals surface area (Å²) < 4.78 is 14.8. The lowest BCUT2D eigenvalue weighted by Gasteiger charge is -2.05. The van der Waals surface area contributed by atoms with E-state index in [9.17, 15) is 4.39 Å². The molecule has 0 aromatic carbocycles. The third kappa shape index (κ3) is 2.30. The van der Waals surface area contributed by atoms with Crippen LogP contribution < -0.4 is 5.73 Å². The number of aromatic nitrogens is 2. The van der Waals surface area contributed by atoms with Crippen LogP contribution in [0.15, 0.2) is 12.4 Å². The van der Waals surface area contributed by atoms with Crippen LogP contribution in [0.3, 0.4) is 0 Å². The summed E-state index contributed by atoms with van der Waals surface area (Å²) in [4.78, 5) is 4.02. The first-order chi connectivity index (χ1) is 5.74. The summed E-state index contributed by atoms with van der Waals surface area (Å²) in [7, 11) is 1.86. The molecule has 1 rings (SSSR count). The maximum Gasteiger partial charge on any atom is 0.111 e. The van der Waals surface area contributed by atoms with Crippen LogP contribution in [-0.4, -0.2) is 22.3 Å². The standard InChI is InChI=1S/C8H14FN3/c1-12-5-4-11-8(12)6-7(9)2-3-10/h4-5,7H,2-3,6,10H2,1H3. The van der Waals surface area contributed by atoms with Crippen molar-refractivity contribution >= 4 is 0 Å². The maximum atomic E-state index is 13.0.